The molecule has 5 heteroatoms. The van der Waals surface area contributed by atoms with E-state index in [0.29, 0.717) is 18.4 Å². The summed E-state index contributed by atoms with van der Waals surface area (Å²) >= 11 is 0. The summed E-state index contributed by atoms with van der Waals surface area (Å²) in [4.78, 5) is 6.62. The summed E-state index contributed by atoms with van der Waals surface area (Å²) in [7, 11) is 2.04. The Morgan fingerprint density at radius 2 is 2.05 bits per heavy atom. The molecule has 1 aromatic carbocycles. The minimum atomic E-state index is -0.270. The van der Waals surface area contributed by atoms with Crippen LogP contribution in [0.25, 0.3) is 11.5 Å². The van der Waals surface area contributed by atoms with E-state index in [1.54, 1.807) is 18.4 Å². The average molecular weight is 290 g/mol. The Labute approximate surface area is 123 Å². The number of nitrogens with zero attached hydrogens (tertiary/aromatic N) is 2. The third kappa shape index (κ3) is 3.49. The Hall–Kier alpha value is -1.72. The minimum Gasteiger partial charge on any atom is -0.444 e. The van der Waals surface area contributed by atoms with Crippen LogP contribution in [0.4, 0.5) is 4.39 Å². The maximum Gasteiger partial charge on any atom is 0.226 e. The Balaban J connectivity index is 1.58. The number of aliphatic hydroxyl groups excluding tert-OH is 1. The van der Waals surface area contributed by atoms with Gasteiger partial charge in [0.2, 0.25) is 5.89 Å². The van der Waals surface area contributed by atoms with Gasteiger partial charge in [0, 0.05) is 18.7 Å². The van der Waals surface area contributed by atoms with Crippen LogP contribution in [0, 0.1) is 11.7 Å². The van der Waals surface area contributed by atoms with Crippen LogP contribution in [0.3, 0.4) is 0 Å². The van der Waals surface area contributed by atoms with Crippen molar-refractivity contribution in [1.29, 1.82) is 0 Å². The van der Waals surface area contributed by atoms with E-state index in [4.69, 9.17) is 4.42 Å². The van der Waals surface area contributed by atoms with Crippen LogP contribution in [0.2, 0.25) is 0 Å². The van der Waals surface area contributed by atoms with E-state index in [1.807, 2.05) is 7.05 Å². The van der Waals surface area contributed by atoms with Gasteiger partial charge in [0.25, 0.3) is 0 Å². The molecule has 0 unspecified atom stereocenters. The van der Waals surface area contributed by atoms with Crippen molar-refractivity contribution >= 4 is 0 Å². The lowest BCUT2D eigenvalue weighted by molar-refractivity contribution is 0.0272. The minimum absolute atomic E-state index is 0.111. The summed E-state index contributed by atoms with van der Waals surface area (Å²) < 4.78 is 18.3. The van der Waals surface area contributed by atoms with Crippen molar-refractivity contribution in [2.45, 2.75) is 25.5 Å². The van der Waals surface area contributed by atoms with Crippen molar-refractivity contribution < 1.29 is 13.9 Å². The molecule has 0 amide bonds. The second-order valence-corrected chi connectivity index (χ2v) is 5.84. The third-order valence-electron chi connectivity index (χ3n) is 3.86. The van der Waals surface area contributed by atoms with Gasteiger partial charge in [-0.15, -0.1) is 0 Å². The Bertz CT molecular complexity index is 591. The molecule has 21 heavy (non-hydrogen) atoms. The van der Waals surface area contributed by atoms with Crippen LogP contribution >= 0.6 is 0 Å². The number of hydrogen-bond acceptors (Lipinski definition) is 4. The van der Waals surface area contributed by atoms with Gasteiger partial charge in [-0.05, 0) is 50.1 Å². The molecule has 0 aliphatic heterocycles. The fraction of sp³-hybridized carbons (Fsp3) is 0.438. The van der Waals surface area contributed by atoms with Crippen LogP contribution in [-0.2, 0) is 6.54 Å². The van der Waals surface area contributed by atoms with Gasteiger partial charge in [0.15, 0.2) is 0 Å². The largest absolute Gasteiger partial charge is 0.444 e. The standard InChI is InChI=1S/C16H19FN2O2/c1-19(8-11-6-15(20)7-11)9-14-10-21-16(18-14)12-2-4-13(17)5-3-12/h2-5,10-11,15,20H,6-9H2,1H3. The number of aliphatic hydroxyl groups is 1. The maximum absolute atomic E-state index is 12.9. The van der Waals surface area contributed by atoms with Gasteiger partial charge >= 0.3 is 0 Å². The summed E-state index contributed by atoms with van der Waals surface area (Å²) in [6, 6.07) is 6.11. The van der Waals surface area contributed by atoms with Crippen LogP contribution in [0.5, 0.6) is 0 Å². The number of oxazole rings is 1. The molecular weight excluding hydrogens is 271 g/mol. The van der Waals surface area contributed by atoms with Gasteiger partial charge in [-0.2, -0.15) is 0 Å². The molecule has 3 rings (SSSR count). The highest BCUT2D eigenvalue weighted by atomic mass is 19.1. The van der Waals surface area contributed by atoms with Crippen LogP contribution in [-0.4, -0.2) is 34.7 Å². The molecule has 0 atom stereocenters. The van der Waals surface area contributed by atoms with E-state index < -0.39 is 0 Å². The summed E-state index contributed by atoms with van der Waals surface area (Å²) in [5.41, 5.74) is 1.63. The van der Waals surface area contributed by atoms with Crippen molar-refractivity contribution in [2.75, 3.05) is 13.6 Å². The van der Waals surface area contributed by atoms with E-state index in [0.717, 1.165) is 30.6 Å². The second kappa shape index (κ2) is 5.95. The fourth-order valence-corrected chi connectivity index (χ4v) is 2.74. The zero-order valence-electron chi connectivity index (χ0n) is 12.0. The highest BCUT2D eigenvalue weighted by Gasteiger charge is 2.28. The Morgan fingerprint density at radius 1 is 1.33 bits per heavy atom. The predicted molar refractivity (Wildman–Crippen MR) is 77.0 cm³/mol. The predicted octanol–water partition coefficient (Wildman–Crippen LogP) is 2.68. The first-order chi connectivity index (χ1) is 10.1. The molecule has 0 spiro atoms. The second-order valence-electron chi connectivity index (χ2n) is 5.84. The molecule has 112 valence electrons. The van der Waals surface area contributed by atoms with Crippen molar-refractivity contribution in [3.05, 3.63) is 42.0 Å². The van der Waals surface area contributed by atoms with Crippen molar-refractivity contribution in [3.63, 3.8) is 0 Å². The van der Waals surface area contributed by atoms with E-state index in [1.165, 1.54) is 12.1 Å². The number of halogens is 1. The molecule has 1 heterocycles. The zero-order valence-corrected chi connectivity index (χ0v) is 12.0. The SMILES string of the molecule is CN(Cc1coc(-c2ccc(F)cc2)n1)CC1CC(O)C1. The maximum atomic E-state index is 12.9. The van der Waals surface area contributed by atoms with Gasteiger partial charge in [0.1, 0.15) is 12.1 Å². The molecule has 0 radical (unpaired) electrons. The first-order valence-corrected chi connectivity index (χ1v) is 7.17. The molecule has 1 N–H and O–H groups in total. The van der Waals surface area contributed by atoms with Gasteiger partial charge in [-0.1, -0.05) is 0 Å². The van der Waals surface area contributed by atoms with Crippen LogP contribution < -0.4 is 0 Å². The summed E-state index contributed by atoms with van der Waals surface area (Å²) in [6.45, 7) is 1.66. The number of rotatable bonds is 5. The summed E-state index contributed by atoms with van der Waals surface area (Å²) in [5, 5.41) is 9.30. The van der Waals surface area contributed by atoms with Gasteiger partial charge in [-0.25, -0.2) is 9.37 Å². The molecule has 1 aromatic heterocycles. The molecule has 1 fully saturated rings. The lowest BCUT2D eigenvalue weighted by atomic mass is 9.82. The monoisotopic (exact) mass is 290 g/mol. The van der Waals surface area contributed by atoms with E-state index in [2.05, 4.69) is 9.88 Å². The Morgan fingerprint density at radius 3 is 2.71 bits per heavy atom. The van der Waals surface area contributed by atoms with E-state index >= 15 is 0 Å². The fourth-order valence-electron chi connectivity index (χ4n) is 2.74. The molecular formula is C16H19FN2O2. The van der Waals surface area contributed by atoms with Crippen LogP contribution in [0.1, 0.15) is 18.5 Å². The molecule has 1 aliphatic carbocycles. The molecule has 1 saturated carbocycles. The van der Waals surface area contributed by atoms with Gasteiger partial charge in [0.05, 0.1) is 11.8 Å². The smallest absolute Gasteiger partial charge is 0.226 e. The van der Waals surface area contributed by atoms with Crippen LogP contribution in [0.15, 0.2) is 34.9 Å². The summed E-state index contributed by atoms with van der Waals surface area (Å²) in [6.07, 6.45) is 3.32. The van der Waals surface area contributed by atoms with Crippen molar-refractivity contribution in [2.24, 2.45) is 5.92 Å². The average Bonchev–Trinajstić information content (AvgIpc) is 2.86. The highest BCUT2D eigenvalue weighted by Crippen LogP contribution is 2.28. The quantitative estimate of drug-likeness (QED) is 0.920. The number of hydrogen-bond donors (Lipinski definition) is 1. The van der Waals surface area contributed by atoms with E-state index in [9.17, 15) is 9.50 Å². The zero-order chi connectivity index (χ0) is 14.8. The summed E-state index contributed by atoms with van der Waals surface area (Å²) in [5.74, 6) is 0.818. The van der Waals surface area contributed by atoms with Crippen molar-refractivity contribution in [3.8, 4) is 11.5 Å². The van der Waals surface area contributed by atoms with Gasteiger partial charge in [-0.3, -0.25) is 0 Å². The third-order valence-corrected chi connectivity index (χ3v) is 3.86. The van der Waals surface area contributed by atoms with E-state index in [-0.39, 0.29) is 11.9 Å². The molecule has 0 saturated heterocycles. The molecule has 0 bridgehead atoms. The lowest BCUT2D eigenvalue weighted by Crippen LogP contribution is -2.36. The number of benzene rings is 1. The first-order valence-electron chi connectivity index (χ1n) is 7.17. The molecule has 4 nitrogen and oxygen atoms in total. The Kier molecular flexibility index (Phi) is 4.03. The molecule has 2 aromatic rings. The van der Waals surface area contributed by atoms with Crippen molar-refractivity contribution in [1.82, 2.24) is 9.88 Å². The lowest BCUT2D eigenvalue weighted by Gasteiger charge is -2.34. The topological polar surface area (TPSA) is 49.5 Å². The molecule has 1 aliphatic rings. The van der Waals surface area contributed by atoms with Gasteiger partial charge < -0.3 is 14.4 Å². The normalized spacial score (nSPS) is 21.5. The first kappa shape index (κ1) is 14.2. The number of aromatic nitrogens is 1. The highest BCUT2D eigenvalue weighted by molar-refractivity contribution is 5.52.